The van der Waals surface area contributed by atoms with Gasteiger partial charge in [-0.15, -0.1) is 0 Å². The van der Waals surface area contributed by atoms with Crippen LogP contribution in [0.2, 0.25) is 0 Å². The quantitative estimate of drug-likeness (QED) is 0.871. The monoisotopic (exact) mass is 320 g/mol. The highest BCUT2D eigenvalue weighted by Crippen LogP contribution is 2.35. The van der Waals surface area contributed by atoms with Crippen LogP contribution in [-0.2, 0) is 6.54 Å². The predicted molar refractivity (Wildman–Crippen MR) is 86.9 cm³/mol. The number of hydrogen-bond donors (Lipinski definition) is 1. The summed E-state index contributed by atoms with van der Waals surface area (Å²) in [6, 6.07) is 0.205. The second kappa shape index (κ2) is 7.32. The van der Waals surface area contributed by atoms with Crippen molar-refractivity contribution in [2.24, 2.45) is 5.92 Å². The molecule has 1 aromatic heterocycles. The summed E-state index contributed by atoms with van der Waals surface area (Å²) in [5, 5.41) is 7.18. The first-order valence-corrected chi connectivity index (χ1v) is 9.05. The number of rotatable bonds is 6. The van der Waals surface area contributed by atoms with Gasteiger partial charge in [0.1, 0.15) is 0 Å². The van der Waals surface area contributed by atoms with Crippen molar-refractivity contribution in [2.45, 2.75) is 77.3 Å². The van der Waals surface area contributed by atoms with Crippen LogP contribution >= 0.6 is 0 Å². The zero-order chi connectivity index (χ0) is 16.2. The first-order chi connectivity index (χ1) is 11.2. The molecule has 0 unspecified atom stereocenters. The van der Waals surface area contributed by atoms with Crippen LogP contribution in [0.1, 0.15) is 76.4 Å². The summed E-state index contributed by atoms with van der Waals surface area (Å²) in [6.07, 6.45) is 8.54. The summed E-state index contributed by atoms with van der Waals surface area (Å²) < 4.78 is 5.34. The van der Waals surface area contributed by atoms with E-state index < -0.39 is 0 Å². The lowest BCUT2D eigenvalue weighted by Crippen LogP contribution is -2.45. The Bertz CT molecular complexity index is 520. The Morgan fingerprint density at radius 3 is 2.65 bits per heavy atom. The Balaban J connectivity index is 1.53. The zero-order valence-electron chi connectivity index (χ0n) is 14.3. The van der Waals surface area contributed by atoms with Crippen molar-refractivity contribution in [1.29, 1.82) is 0 Å². The second-order valence-electron chi connectivity index (χ2n) is 6.97. The largest absolute Gasteiger partial charge is 0.339 e. The van der Waals surface area contributed by atoms with Gasteiger partial charge in [0.25, 0.3) is 0 Å². The van der Waals surface area contributed by atoms with Crippen LogP contribution in [0.25, 0.3) is 0 Å². The Labute approximate surface area is 138 Å². The van der Waals surface area contributed by atoms with Crippen LogP contribution in [0, 0.1) is 5.92 Å². The molecular weight excluding hydrogens is 292 g/mol. The summed E-state index contributed by atoms with van der Waals surface area (Å²) in [7, 11) is 0. The van der Waals surface area contributed by atoms with Crippen molar-refractivity contribution >= 4 is 6.03 Å². The fraction of sp³-hybridized carbons (Fsp3) is 0.824. The van der Waals surface area contributed by atoms with Gasteiger partial charge < -0.3 is 14.7 Å². The van der Waals surface area contributed by atoms with Crippen LogP contribution < -0.4 is 5.32 Å². The lowest BCUT2D eigenvalue weighted by atomic mass is 9.85. The van der Waals surface area contributed by atoms with Crippen LogP contribution in [-0.4, -0.2) is 33.7 Å². The molecule has 2 aliphatic carbocycles. The number of carbonyl (C=O) groups excluding carboxylic acids is 1. The van der Waals surface area contributed by atoms with Gasteiger partial charge in [-0.05, 0) is 45.4 Å². The third-order valence-corrected chi connectivity index (χ3v) is 5.40. The smallest absolute Gasteiger partial charge is 0.318 e. The average molecular weight is 320 g/mol. The van der Waals surface area contributed by atoms with Gasteiger partial charge in [-0.2, -0.15) is 4.98 Å². The molecule has 0 aromatic carbocycles. The van der Waals surface area contributed by atoms with E-state index in [0.29, 0.717) is 30.7 Å². The maximum absolute atomic E-state index is 12.5. The SMILES string of the molecule is CCN(Cc1noc(C2CCC2)n1)C(=O)N[C@@H](C)C1CCCC1. The van der Waals surface area contributed by atoms with E-state index in [0.717, 1.165) is 18.7 Å². The summed E-state index contributed by atoms with van der Waals surface area (Å²) >= 11 is 0. The molecule has 2 aliphatic rings. The van der Waals surface area contributed by atoms with Crippen LogP contribution in [0.3, 0.4) is 0 Å². The summed E-state index contributed by atoms with van der Waals surface area (Å²) in [5.41, 5.74) is 0. The van der Waals surface area contributed by atoms with E-state index in [9.17, 15) is 4.79 Å². The van der Waals surface area contributed by atoms with Crippen LogP contribution in [0.15, 0.2) is 4.52 Å². The number of amides is 2. The fourth-order valence-electron chi connectivity index (χ4n) is 3.51. The molecule has 128 valence electrons. The number of aromatic nitrogens is 2. The molecule has 1 N–H and O–H groups in total. The van der Waals surface area contributed by atoms with Gasteiger partial charge in [0, 0.05) is 18.5 Å². The molecule has 1 aromatic rings. The van der Waals surface area contributed by atoms with Gasteiger partial charge in [0.2, 0.25) is 5.89 Å². The Kier molecular flexibility index (Phi) is 5.18. The van der Waals surface area contributed by atoms with Crippen molar-refractivity contribution in [3.05, 3.63) is 11.7 Å². The fourth-order valence-corrected chi connectivity index (χ4v) is 3.51. The maximum Gasteiger partial charge on any atom is 0.318 e. The molecule has 0 bridgehead atoms. The normalized spacial score (nSPS) is 20.3. The molecule has 1 heterocycles. The van der Waals surface area contributed by atoms with Crippen molar-refractivity contribution in [2.75, 3.05) is 6.54 Å². The van der Waals surface area contributed by atoms with Gasteiger partial charge in [0.15, 0.2) is 5.82 Å². The number of hydrogen-bond acceptors (Lipinski definition) is 4. The first kappa shape index (κ1) is 16.3. The van der Waals surface area contributed by atoms with Gasteiger partial charge in [0.05, 0.1) is 6.54 Å². The molecule has 0 aliphatic heterocycles. The molecule has 0 saturated heterocycles. The lowest BCUT2D eigenvalue weighted by molar-refractivity contribution is 0.188. The molecule has 2 amide bonds. The molecule has 6 heteroatoms. The topological polar surface area (TPSA) is 71.3 Å². The van der Waals surface area contributed by atoms with Crippen molar-refractivity contribution in [3.8, 4) is 0 Å². The highest BCUT2D eigenvalue weighted by atomic mass is 16.5. The maximum atomic E-state index is 12.5. The van der Waals surface area contributed by atoms with Gasteiger partial charge in [-0.3, -0.25) is 0 Å². The lowest BCUT2D eigenvalue weighted by Gasteiger charge is -2.25. The molecule has 6 nitrogen and oxygen atoms in total. The number of nitrogens with zero attached hydrogens (tertiary/aromatic N) is 3. The molecule has 0 radical (unpaired) electrons. The molecule has 1 atom stereocenters. The van der Waals surface area contributed by atoms with E-state index in [1.807, 2.05) is 6.92 Å². The molecule has 3 rings (SSSR count). The summed E-state index contributed by atoms with van der Waals surface area (Å²) in [6.45, 7) is 5.14. The van der Waals surface area contributed by atoms with Crippen LogP contribution in [0.4, 0.5) is 4.79 Å². The molecular formula is C17H28N4O2. The highest BCUT2D eigenvalue weighted by molar-refractivity contribution is 5.74. The molecule has 2 saturated carbocycles. The summed E-state index contributed by atoms with van der Waals surface area (Å²) in [5.74, 6) is 2.40. The highest BCUT2D eigenvalue weighted by Gasteiger charge is 2.27. The second-order valence-corrected chi connectivity index (χ2v) is 6.97. The minimum Gasteiger partial charge on any atom is -0.339 e. The minimum atomic E-state index is -0.0260. The van der Waals surface area contributed by atoms with Crippen molar-refractivity contribution in [3.63, 3.8) is 0 Å². The standard InChI is InChI=1S/C17H28N4O2/c1-3-21(17(22)18-12(2)13-7-4-5-8-13)11-15-19-16(23-20-15)14-9-6-10-14/h12-14H,3-11H2,1-2H3,(H,18,22)/t12-/m0/s1. The van der Waals surface area contributed by atoms with E-state index in [-0.39, 0.29) is 12.1 Å². The Hall–Kier alpha value is -1.59. The zero-order valence-corrected chi connectivity index (χ0v) is 14.3. The number of carbonyl (C=O) groups is 1. The third-order valence-electron chi connectivity index (χ3n) is 5.40. The van der Waals surface area contributed by atoms with Crippen molar-refractivity contribution in [1.82, 2.24) is 20.4 Å². The molecule has 2 fully saturated rings. The third kappa shape index (κ3) is 3.85. The van der Waals surface area contributed by atoms with Gasteiger partial charge in [-0.1, -0.05) is 24.4 Å². The predicted octanol–water partition coefficient (Wildman–Crippen LogP) is 3.45. The Morgan fingerprint density at radius 2 is 2.04 bits per heavy atom. The minimum absolute atomic E-state index is 0.0260. The number of nitrogens with one attached hydrogen (secondary N) is 1. The van der Waals surface area contributed by atoms with Gasteiger partial charge in [-0.25, -0.2) is 4.79 Å². The van der Waals surface area contributed by atoms with Gasteiger partial charge >= 0.3 is 6.03 Å². The first-order valence-electron chi connectivity index (χ1n) is 9.05. The van der Waals surface area contributed by atoms with E-state index >= 15 is 0 Å². The number of urea groups is 1. The van der Waals surface area contributed by atoms with Crippen molar-refractivity contribution < 1.29 is 9.32 Å². The molecule has 0 spiro atoms. The summed E-state index contributed by atoms with van der Waals surface area (Å²) in [4.78, 5) is 18.7. The average Bonchev–Trinajstić information content (AvgIpc) is 3.14. The van der Waals surface area contributed by atoms with E-state index in [1.54, 1.807) is 4.90 Å². The Morgan fingerprint density at radius 1 is 1.30 bits per heavy atom. The van der Waals surface area contributed by atoms with E-state index in [1.165, 1.54) is 32.1 Å². The van der Waals surface area contributed by atoms with E-state index in [4.69, 9.17) is 4.52 Å². The van der Waals surface area contributed by atoms with Crippen LogP contribution in [0.5, 0.6) is 0 Å². The molecule has 23 heavy (non-hydrogen) atoms. The van der Waals surface area contributed by atoms with E-state index in [2.05, 4.69) is 22.4 Å².